The molecule has 0 aliphatic carbocycles. The second-order valence-corrected chi connectivity index (χ2v) is 5.40. The van der Waals surface area contributed by atoms with Crippen molar-refractivity contribution in [3.8, 4) is 0 Å². The molecule has 0 bridgehead atoms. The highest BCUT2D eigenvalue weighted by Crippen LogP contribution is 2.14. The van der Waals surface area contributed by atoms with Crippen molar-refractivity contribution < 1.29 is 4.79 Å². The van der Waals surface area contributed by atoms with Crippen LogP contribution in [0.1, 0.15) is 53.7 Å². The number of carbonyl (C=O) groups excluding carboxylic acids is 1. The van der Waals surface area contributed by atoms with E-state index in [4.69, 9.17) is 0 Å². The van der Waals surface area contributed by atoms with Gasteiger partial charge in [-0.3, -0.25) is 9.59 Å². The molecule has 0 unspecified atom stereocenters. The molecule has 0 aromatic carbocycles. The van der Waals surface area contributed by atoms with E-state index in [1.165, 1.54) is 19.3 Å². The van der Waals surface area contributed by atoms with Crippen LogP contribution in [0.5, 0.6) is 0 Å². The summed E-state index contributed by atoms with van der Waals surface area (Å²) in [6.07, 6.45) is 5.68. The smallest absolute Gasteiger partial charge is 0.261 e. The Balaban J connectivity index is 2.25. The molecule has 104 valence electrons. The number of aromatic nitrogens is 1. The predicted octanol–water partition coefficient (Wildman–Crippen LogP) is 2.40. The van der Waals surface area contributed by atoms with Crippen LogP contribution in [0.25, 0.3) is 0 Å². The normalized spacial score (nSPS) is 16.8. The van der Waals surface area contributed by atoms with Crippen LogP contribution in [0.4, 0.5) is 0 Å². The average Bonchev–Trinajstić information content (AvgIpc) is 2.26. The highest BCUT2D eigenvalue weighted by molar-refractivity contribution is 5.95. The largest absolute Gasteiger partial charge is 0.338 e. The molecular formula is C15H22N2O2. The molecule has 1 N–H and O–H groups in total. The SMILES string of the molecule is Cc1cc(C)c(C(=O)N2CCCCCCC2)c(=O)[nH]1. The Morgan fingerprint density at radius 2 is 1.68 bits per heavy atom. The number of aryl methyl sites for hydroxylation is 2. The van der Waals surface area contributed by atoms with Crippen LogP contribution in [0.3, 0.4) is 0 Å². The first-order valence-electron chi connectivity index (χ1n) is 7.09. The van der Waals surface area contributed by atoms with Gasteiger partial charge in [0.15, 0.2) is 0 Å². The van der Waals surface area contributed by atoms with Gasteiger partial charge in [0, 0.05) is 18.8 Å². The van der Waals surface area contributed by atoms with Gasteiger partial charge in [0.2, 0.25) is 0 Å². The van der Waals surface area contributed by atoms with Gasteiger partial charge in [-0.25, -0.2) is 0 Å². The maximum absolute atomic E-state index is 12.5. The Hall–Kier alpha value is -1.58. The molecule has 0 spiro atoms. The fraction of sp³-hybridized carbons (Fsp3) is 0.600. The number of hydrogen-bond donors (Lipinski definition) is 1. The number of hydrogen-bond acceptors (Lipinski definition) is 2. The minimum atomic E-state index is -0.260. The molecule has 1 fully saturated rings. The number of nitrogens with zero attached hydrogens (tertiary/aromatic N) is 1. The molecular weight excluding hydrogens is 240 g/mol. The maximum atomic E-state index is 12.5. The van der Waals surface area contributed by atoms with Gasteiger partial charge in [-0.15, -0.1) is 0 Å². The molecule has 2 heterocycles. The Kier molecular flexibility index (Phi) is 4.40. The molecule has 1 aromatic heterocycles. The van der Waals surface area contributed by atoms with Crippen LogP contribution in [-0.2, 0) is 0 Å². The van der Waals surface area contributed by atoms with Gasteiger partial charge in [-0.05, 0) is 38.3 Å². The Labute approximate surface area is 113 Å². The van der Waals surface area contributed by atoms with E-state index in [9.17, 15) is 9.59 Å². The first-order chi connectivity index (χ1) is 9.09. The van der Waals surface area contributed by atoms with Gasteiger partial charge < -0.3 is 9.88 Å². The van der Waals surface area contributed by atoms with E-state index >= 15 is 0 Å². The minimum absolute atomic E-state index is 0.111. The van der Waals surface area contributed by atoms with Crippen molar-refractivity contribution in [3.05, 3.63) is 33.2 Å². The highest BCUT2D eigenvalue weighted by Gasteiger charge is 2.21. The standard InChI is InChI=1S/C15H22N2O2/c1-11-10-12(2)16-14(18)13(11)15(19)17-8-6-4-3-5-7-9-17/h10H,3-9H2,1-2H3,(H,16,18). The molecule has 1 saturated heterocycles. The zero-order valence-electron chi connectivity index (χ0n) is 11.8. The van der Waals surface area contributed by atoms with E-state index in [0.29, 0.717) is 5.56 Å². The number of pyridine rings is 1. The number of aromatic amines is 1. The van der Waals surface area contributed by atoms with Gasteiger partial charge in [-0.2, -0.15) is 0 Å². The zero-order valence-corrected chi connectivity index (χ0v) is 11.8. The van der Waals surface area contributed by atoms with E-state index in [2.05, 4.69) is 4.98 Å². The Bertz CT molecular complexity index is 511. The molecule has 1 aliphatic heterocycles. The van der Waals surface area contributed by atoms with Gasteiger partial charge in [0.25, 0.3) is 11.5 Å². The first kappa shape index (κ1) is 13.8. The fourth-order valence-electron chi connectivity index (χ4n) is 2.73. The third kappa shape index (κ3) is 3.25. The van der Waals surface area contributed by atoms with Crippen LogP contribution >= 0.6 is 0 Å². The maximum Gasteiger partial charge on any atom is 0.261 e. The summed E-state index contributed by atoms with van der Waals surface area (Å²) in [5.41, 5.74) is 1.62. The summed E-state index contributed by atoms with van der Waals surface area (Å²) in [5.74, 6) is -0.111. The van der Waals surface area contributed by atoms with E-state index in [1.807, 2.05) is 24.8 Å². The van der Waals surface area contributed by atoms with Crippen LogP contribution in [0.15, 0.2) is 10.9 Å². The van der Waals surface area contributed by atoms with Crippen molar-refractivity contribution in [2.24, 2.45) is 0 Å². The van der Waals surface area contributed by atoms with Crippen molar-refractivity contribution >= 4 is 5.91 Å². The molecule has 1 aromatic rings. The summed E-state index contributed by atoms with van der Waals surface area (Å²) in [4.78, 5) is 29.1. The molecule has 4 heteroatoms. The first-order valence-corrected chi connectivity index (χ1v) is 7.09. The van der Waals surface area contributed by atoms with Crippen molar-refractivity contribution in [1.29, 1.82) is 0 Å². The average molecular weight is 262 g/mol. The lowest BCUT2D eigenvalue weighted by Gasteiger charge is -2.25. The third-order valence-corrected chi connectivity index (χ3v) is 3.72. The second-order valence-electron chi connectivity index (χ2n) is 5.40. The molecule has 0 atom stereocenters. The van der Waals surface area contributed by atoms with Gasteiger partial charge in [0.05, 0.1) is 0 Å². The summed E-state index contributed by atoms with van der Waals surface area (Å²) in [6, 6.07) is 1.86. The summed E-state index contributed by atoms with van der Waals surface area (Å²) < 4.78 is 0. The number of carbonyl (C=O) groups is 1. The Morgan fingerprint density at radius 3 is 2.26 bits per heavy atom. The topological polar surface area (TPSA) is 53.2 Å². The number of H-pyrrole nitrogens is 1. The molecule has 19 heavy (non-hydrogen) atoms. The van der Waals surface area contributed by atoms with Gasteiger partial charge >= 0.3 is 0 Å². The van der Waals surface area contributed by atoms with Crippen LogP contribution in [-0.4, -0.2) is 28.9 Å². The van der Waals surface area contributed by atoms with Crippen molar-refractivity contribution in [2.75, 3.05) is 13.1 Å². The van der Waals surface area contributed by atoms with E-state index in [-0.39, 0.29) is 11.5 Å². The molecule has 0 radical (unpaired) electrons. The highest BCUT2D eigenvalue weighted by atomic mass is 16.2. The van der Waals surface area contributed by atoms with Crippen molar-refractivity contribution in [1.82, 2.24) is 9.88 Å². The summed E-state index contributed by atoms with van der Waals surface area (Å²) in [7, 11) is 0. The zero-order chi connectivity index (χ0) is 13.8. The minimum Gasteiger partial charge on any atom is -0.338 e. The van der Waals surface area contributed by atoms with Crippen LogP contribution in [0, 0.1) is 13.8 Å². The van der Waals surface area contributed by atoms with Gasteiger partial charge in [-0.1, -0.05) is 19.3 Å². The molecule has 0 saturated carbocycles. The molecule has 2 rings (SSSR count). The van der Waals surface area contributed by atoms with Gasteiger partial charge in [0.1, 0.15) is 5.56 Å². The monoisotopic (exact) mass is 262 g/mol. The second kappa shape index (κ2) is 6.04. The van der Waals surface area contributed by atoms with Crippen molar-refractivity contribution in [3.63, 3.8) is 0 Å². The van der Waals surface area contributed by atoms with Crippen LogP contribution in [0.2, 0.25) is 0 Å². The van der Waals surface area contributed by atoms with E-state index < -0.39 is 0 Å². The number of likely N-dealkylation sites (tertiary alicyclic amines) is 1. The fourth-order valence-corrected chi connectivity index (χ4v) is 2.73. The molecule has 1 amide bonds. The molecule has 4 nitrogen and oxygen atoms in total. The molecule has 1 aliphatic rings. The number of rotatable bonds is 1. The number of nitrogens with one attached hydrogen (secondary N) is 1. The number of amides is 1. The predicted molar refractivity (Wildman–Crippen MR) is 75.5 cm³/mol. The lowest BCUT2D eigenvalue weighted by molar-refractivity contribution is 0.0740. The van der Waals surface area contributed by atoms with Crippen molar-refractivity contribution in [2.45, 2.75) is 46.0 Å². The van der Waals surface area contributed by atoms with E-state index in [0.717, 1.165) is 37.2 Å². The summed E-state index contributed by atoms with van der Waals surface area (Å²) in [6.45, 7) is 5.20. The van der Waals surface area contributed by atoms with E-state index in [1.54, 1.807) is 0 Å². The Morgan fingerprint density at radius 1 is 1.11 bits per heavy atom. The summed E-state index contributed by atoms with van der Waals surface area (Å²) >= 11 is 0. The lowest BCUT2D eigenvalue weighted by Crippen LogP contribution is -2.37. The quantitative estimate of drug-likeness (QED) is 0.845. The lowest BCUT2D eigenvalue weighted by atomic mass is 10.1. The van der Waals surface area contributed by atoms with Crippen LogP contribution < -0.4 is 5.56 Å². The summed E-state index contributed by atoms with van der Waals surface area (Å²) in [5, 5.41) is 0. The third-order valence-electron chi connectivity index (χ3n) is 3.72.